The third kappa shape index (κ3) is 4.42. The zero-order chi connectivity index (χ0) is 33.5. The Morgan fingerprint density at radius 3 is 1.06 bits per heavy atom. The van der Waals surface area contributed by atoms with Gasteiger partial charge in [-0.25, -0.2) is 0 Å². The van der Waals surface area contributed by atoms with Gasteiger partial charge in [0, 0.05) is 21.5 Å². The molecule has 0 radical (unpaired) electrons. The summed E-state index contributed by atoms with van der Waals surface area (Å²) in [6.07, 6.45) is 0. The SMILES string of the molecule is c1ccc(-c2ccc(-c3cc4c5cc6ccc(-c7ccccc7)cc6cc5n5c6cc7cc(-c8ccccc8)ccc7cc6c(c3)c45)cc2)cc1. The lowest BCUT2D eigenvalue weighted by molar-refractivity contribution is 1.38. The molecule has 0 spiro atoms. The van der Waals surface area contributed by atoms with Gasteiger partial charge in [0.1, 0.15) is 0 Å². The molecule has 2 heterocycles. The van der Waals surface area contributed by atoms with Gasteiger partial charge in [0.2, 0.25) is 0 Å². The quantitative estimate of drug-likeness (QED) is 0.179. The molecule has 0 aliphatic carbocycles. The summed E-state index contributed by atoms with van der Waals surface area (Å²) in [7, 11) is 0. The first-order chi connectivity index (χ1) is 25.2. The molecule has 0 saturated carbocycles. The highest BCUT2D eigenvalue weighted by molar-refractivity contribution is 6.27. The Labute approximate surface area is 295 Å². The van der Waals surface area contributed by atoms with Gasteiger partial charge in [0.05, 0.1) is 16.6 Å². The molecule has 0 saturated heterocycles. The summed E-state index contributed by atoms with van der Waals surface area (Å²) < 4.78 is 2.53. The number of fused-ring (bicyclic) bond motifs is 8. The van der Waals surface area contributed by atoms with Crippen LogP contribution in [0, 0.1) is 0 Å². The largest absolute Gasteiger partial charge is 0.308 e. The van der Waals surface area contributed by atoms with Crippen molar-refractivity contribution in [3.8, 4) is 44.5 Å². The van der Waals surface area contributed by atoms with Crippen LogP contribution in [0.1, 0.15) is 0 Å². The monoisotopic (exact) mass is 645 g/mol. The van der Waals surface area contributed by atoms with Crippen molar-refractivity contribution in [3.63, 3.8) is 0 Å². The fourth-order valence-electron chi connectivity index (χ4n) is 8.30. The van der Waals surface area contributed by atoms with Crippen LogP contribution in [-0.4, -0.2) is 4.40 Å². The van der Waals surface area contributed by atoms with Crippen molar-refractivity contribution in [2.24, 2.45) is 0 Å². The van der Waals surface area contributed by atoms with E-state index in [0.29, 0.717) is 0 Å². The van der Waals surface area contributed by atoms with Gasteiger partial charge in [-0.2, -0.15) is 0 Å². The van der Waals surface area contributed by atoms with E-state index in [2.05, 4.69) is 192 Å². The second kappa shape index (κ2) is 10.9. The van der Waals surface area contributed by atoms with Gasteiger partial charge in [-0.1, -0.05) is 140 Å². The molecule has 0 aliphatic rings. The maximum Gasteiger partial charge on any atom is 0.0620 e. The molecular formula is C50H31N. The van der Waals surface area contributed by atoms with Crippen molar-refractivity contribution in [1.29, 1.82) is 0 Å². The minimum Gasteiger partial charge on any atom is -0.308 e. The van der Waals surface area contributed by atoms with Gasteiger partial charge in [-0.3, -0.25) is 0 Å². The van der Waals surface area contributed by atoms with Gasteiger partial charge >= 0.3 is 0 Å². The topological polar surface area (TPSA) is 4.41 Å². The highest BCUT2D eigenvalue weighted by Crippen LogP contribution is 2.44. The molecule has 51 heavy (non-hydrogen) atoms. The average Bonchev–Trinajstić information content (AvgIpc) is 3.70. The lowest BCUT2D eigenvalue weighted by atomic mass is 9.95. The number of rotatable bonds is 4. The van der Waals surface area contributed by atoms with Crippen LogP contribution in [0.15, 0.2) is 188 Å². The summed E-state index contributed by atoms with van der Waals surface area (Å²) in [5, 5.41) is 10.2. The molecule has 1 nitrogen and oxygen atoms in total. The van der Waals surface area contributed by atoms with E-state index in [-0.39, 0.29) is 0 Å². The first kappa shape index (κ1) is 28.2. The summed E-state index contributed by atoms with van der Waals surface area (Å²) in [6.45, 7) is 0. The third-order valence-corrected chi connectivity index (χ3v) is 10.8. The van der Waals surface area contributed by atoms with Crippen LogP contribution in [0.5, 0.6) is 0 Å². The standard InChI is InChI=1S/C50H31N/c1-4-10-32(11-5-1)35-16-18-36(19-17-35)43-28-46-44-26-39-22-20-37(33-12-6-2-7-13-33)24-41(39)30-48(44)51-49-31-42-25-38(34-14-8-3-9-15-34)21-23-40(42)27-45(49)47(29-43)50(46)51/h1-31H. The molecule has 11 rings (SSSR count). The molecular weight excluding hydrogens is 615 g/mol. The van der Waals surface area contributed by atoms with Crippen LogP contribution < -0.4 is 0 Å². The first-order valence-electron chi connectivity index (χ1n) is 17.7. The van der Waals surface area contributed by atoms with E-state index in [1.54, 1.807) is 0 Å². The Hall–Kier alpha value is -6.70. The van der Waals surface area contributed by atoms with Crippen LogP contribution >= 0.6 is 0 Å². The summed E-state index contributed by atoms with van der Waals surface area (Å²) in [5.74, 6) is 0. The molecule has 0 amide bonds. The number of hydrogen-bond acceptors (Lipinski definition) is 0. The molecule has 236 valence electrons. The van der Waals surface area contributed by atoms with Gasteiger partial charge in [-0.15, -0.1) is 0 Å². The van der Waals surface area contributed by atoms with E-state index in [0.717, 1.165) is 0 Å². The molecule has 1 heteroatoms. The van der Waals surface area contributed by atoms with Crippen molar-refractivity contribution in [2.75, 3.05) is 0 Å². The van der Waals surface area contributed by atoms with Crippen molar-refractivity contribution < 1.29 is 0 Å². The van der Waals surface area contributed by atoms with E-state index in [1.165, 1.54) is 104 Å². The van der Waals surface area contributed by atoms with Crippen LogP contribution in [-0.2, 0) is 0 Å². The van der Waals surface area contributed by atoms with Crippen LogP contribution in [0.25, 0.3) is 104 Å². The molecule has 11 aromatic rings. The van der Waals surface area contributed by atoms with E-state index >= 15 is 0 Å². The number of aromatic nitrogens is 1. The fourth-order valence-corrected chi connectivity index (χ4v) is 8.30. The van der Waals surface area contributed by atoms with Gasteiger partial charge < -0.3 is 4.40 Å². The van der Waals surface area contributed by atoms with Crippen molar-refractivity contribution in [3.05, 3.63) is 188 Å². The lowest BCUT2D eigenvalue weighted by Crippen LogP contribution is -1.84. The molecule has 0 unspecified atom stereocenters. The Bertz CT molecular complexity index is 2920. The summed E-state index contributed by atoms with van der Waals surface area (Å²) in [6, 6.07) is 69.3. The lowest BCUT2D eigenvalue weighted by Gasteiger charge is -2.08. The number of nitrogens with zero attached hydrogens (tertiary/aromatic N) is 1. The highest BCUT2D eigenvalue weighted by atomic mass is 14.9. The minimum atomic E-state index is 1.23. The Morgan fingerprint density at radius 1 is 0.235 bits per heavy atom. The van der Waals surface area contributed by atoms with Crippen LogP contribution in [0.4, 0.5) is 0 Å². The summed E-state index contributed by atoms with van der Waals surface area (Å²) in [5.41, 5.74) is 13.7. The normalized spacial score (nSPS) is 11.9. The van der Waals surface area contributed by atoms with Gasteiger partial charge in [0.25, 0.3) is 0 Å². The van der Waals surface area contributed by atoms with Crippen molar-refractivity contribution in [1.82, 2.24) is 4.40 Å². The average molecular weight is 646 g/mol. The van der Waals surface area contributed by atoms with Crippen LogP contribution in [0.3, 0.4) is 0 Å². The minimum absolute atomic E-state index is 1.23. The van der Waals surface area contributed by atoms with Gasteiger partial charge in [-0.05, 0) is 115 Å². The van der Waals surface area contributed by atoms with Crippen molar-refractivity contribution >= 4 is 59.6 Å². The van der Waals surface area contributed by atoms with E-state index in [1.807, 2.05) is 0 Å². The molecule has 0 aliphatic heterocycles. The molecule has 0 atom stereocenters. The maximum absolute atomic E-state index is 2.53. The fraction of sp³-hybridized carbons (Fsp3) is 0. The highest BCUT2D eigenvalue weighted by Gasteiger charge is 2.20. The summed E-state index contributed by atoms with van der Waals surface area (Å²) in [4.78, 5) is 0. The second-order valence-corrected chi connectivity index (χ2v) is 13.8. The smallest absolute Gasteiger partial charge is 0.0620 e. The molecule has 0 bridgehead atoms. The molecule has 9 aromatic carbocycles. The number of hydrogen-bond donors (Lipinski definition) is 0. The van der Waals surface area contributed by atoms with E-state index in [4.69, 9.17) is 0 Å². The molecule has 0 fully saturated rings. The van der Waals surface area contributed by atoms with E-state index < -0.39 is 0 Å². The Kier molecular flexibility index (Phi) is 6.02. The predicted octanol–water partition coefficient (Wildman–Crippen LogP) is 13.8. The second-order valence-electron chi connectivity index (χ2n) is 13.8. The zero-order valence-electron chi connectivity index (χ0n) is 27.8. The Balaban J connectivity index is 1.19. The predicted molar refractivity (Wildman–Crippen MR) is 218 cm³/mol. The Morgan fingerprint density at radius 2 is 0.608 bits per heavy atom. The molecule has 2 aromatic heterocycles. The van der Waals surface area contributed by atoms with Gasteiger partial charge in [0.15, 0.2) is 0 Å². The first-order valence-corrected chi connectivity index (χ1v) is 17.7. The van der Waals surface area contributed by atoms with Crippen LogP contribution in [0.2, 0.25) is 0 Å². The van der Waals surface area contributed by atoms with Crippen molar-refractivity contribution in [2.45, 2.75) is 0 Å². The number of benzene rings is 9. The van der Waals surface area contributed by atoms with E-state index in [9.17, 15) is 0 Å². The summed E-state index contributed by atoms with van der Waals surface area (Å²) >= 11 is 0. The maximum atomic E-state index is 2.53. The molecule has 0 N–H and O–H groups in total. The third-order valence-electron chi connectivity index (χ3n) is 10.8. The zero-order valence-corrected chi connectivity index (χ0v) is 27.8.